The fraction of sp³-hybridized carbons (Fsp3) is 0.235. The summed E-state index contributed by atoms with van der Waals surface area (Å²) in [4.78, 5) is 28.3. The van der Waals surface area contributed by atoms with Crippen LogP contribution >= 0.6 is 11.3 Å². The standard InChI is InChI=1S/C17H17N3O3S/c1-17(23,12-6-7-24-10-12)11-19-15(21)9-20-14-5-3-2-4-13(14)18-8-16(20)22/h2-8,10,23H,9,11H2,1H3,(H,19,21). The number of aliphatic hydroxyl groups is 1. The molecule has 1 atom stereocenters. The number of nitrogens with zero attached hydrogens (tertiary/aromatic N) is 2. The lowest BCUT2D eigenvalue weighted by atomic mass is 9.99. The number of carbonyl (C=O) groups excluding carboxylic acids is 1. The van der Waals surface area contributed by atoms with E-state index in [2.05, 4.69) is 10.3 Å². The highest BCUT2D eigenvalue weighted by Gasteiger charge is 2.24. The van der Waals surface area contributed by atoms with Crippen LogP contribution in [0.4, 0.5) is 0 Å². The molecule has 124 valence electrons. The van der Waals surface area contributed by atoms with Crippen molar-refractivity contribution in [3.63, 3.8) is 0 Å². The van der Waals surface area contributed by atoms with Crippen molar-refractivity contribution in [1.29, 1.82) is 0 Å². The largest absolute Gasteiger partial charge is 0.384 e. The molecule has 3 rings (SSSR count). The van der Waals surface area contributed by atoms with E-state index in [0.717, 1.165) is 5.56 Å². The lowest BCUT2D eigenvalue weighted by molar-refractivity contribution is -0.122. The summed E-state index contributed by atoms with van der Waals surface area (Å²) in [6.45, 7) is 1.59. The van der Waals surface area contributed by atoms with Crippen molar-refractivity contribution >= 4 is 28.3 Å². The minimum Gasteiger partial charge on any atom is -0.384 e. The van der Waals surface area contributed by atoms with Crippen LogP contribution < -0.4 is 10.9 Å². The van der Waals surface area contributed by atoms with E-state index in [1.165, 1.54) is 22.1 Å². The van der Waals surface area contributed by atoms with Crippen LogP contribution in [0.25, 0.3) is 11.0 Å². The van der Waals surface area contributed by atoms with Gasteiger partial charge in [-0.1, -0.05) is 12.1 Å². The van der Waals surface area contributed by atoms with Gasteiger partial charge in [0.05, 0.1) is 23.8 Å². The average molecular weight is 343 g/mol. The van der Waals surface area contributed by atoms with Gasteiger partial charge in [-0.2, -0.15) is 11.3 Å². The maximum atomic E-state index is 12.2. The molecule has 6 nitrogen and oxygen atoms in total. The number of benzene rings is 1. The van der Waals surface area contributed by atoms with Gasteiger partial charge in [0.25, 0.3) is 5.56 Å². The molecule has 2 heterocycles. The van der Waals surface area contributed by atoms with Gasteiger partial charge < -0.3 is 10.4 Å². The molecule has 3 aromatic rings. The Morgan fingerprint density at radius 1 is 1.38 bits per heavy atom. The molecule has 1 amide bonds. The van der Waals surface area contributed by atoms with Crippen LogP contribution in [0.5, 0.6) is 0 Å². The monoisotopic (exact) mass is 343 g/mol. The number of amides is 1. The van der Waals surface area contributed by atoms with E-state index in [1.807, 2.05) is 22.9 Å². The molecule has 0 saturated carbocycles. The molecule has 24 heavy (non-hydrogen) atoms. The zero-order chi connectivity index (χ0) is 17.2. The third kappa shape index (κ3) is 3.37. The van der Waals surface area contributed by atoms with Gasteiger partial charge >= 0.3 is 0 Å². The van der Waals surface area contributed by atoms with Gasteiger partial charge in [0.2, 0.25) is 5.91 Å². The molecule has 2 N–H and O–H groups in total. The van der Waals surface area contributed by atoms with Crippen molar-refractivity contribution in [2.45, 2.75) is 19.1 Å². The van der Waals surface area contributed by atoms with Crippen LogP contribution in [0, 0.1) is 0 Å². The lowest BCUT2D eigenvalue weighted by Crippen LogP contribution is -2.40. The Kier molecular flexibility index (Phi) is 4.46. The van der Waals surface area contributed by atoms with Crippen molar-refractivity contribution in [3.8, 4) is 0 Å². The normalized spacial score (nSPS) is 13.6. The lowest BCUT2D eigenvalue weighted by Gasteiger charge is -2.23. The third-order valence-corrected chi connectivity index (χ3v) is 4.51. The fourth-order valence-electron chi connectivity index (χ4n) is 2.42. The molecule has 0 aliphatic heterocycles. The highest BCUT2D eigenvalue weighted by atomic mass is 32.1. The zero-order valence-electron chi connectivity index (χ0n) is 13.1. The van der Waals surface area contributed by atoms with Crippen LogP contribution in [-0.4, -0.2) is 27.1 Å². The van der Waals surface area contributed by atoms with E-state index in [0.29, 0.717) is 11.0 Å². The number of hydrogen-bond donors (Lipinski definition) is 2. The Morgan fingerprint density at radius 3 is 2.92 bits per heavy atom. The molecule has 1 aromatic carbocycles. The number of fused-ring (bicyclic) bond motifs is 1. The Bertz CT molecular complexity index is 916. The first kappa shape index (κ1) is 16.4. The van der Waals surface area contributed by atoms with Crippen molar-refractivity contribution in [3.05, 3.63) is 63.2 Å². The number of nitrogens with one attached hydrogen (secondary N) is 1. The van der Waals surface area contributed by atoms with Gasteiger partial charge in [-0.3, -0.25) is 14.2 Å². The topological polar surface area (TPSA) is 84.2 Å². The summed E-state index contributed by atoms with van der Waals surface area (Å²) in [5, 5.41) is 16.8. The summed E-state index contributed by atoms with van der Waals surface area (Å²) in [5.41, 5.74) is 0.508. The van der Waals surface area contributed by atoms with Crippen LogP contribution in [-0.2, 0) is 16.9 Å². The molecule has 2 aromatic heterocycles. The first-order valence-electron chi connectivity index (χ1n) is 7.44. The Morgan fingerprint density at radius 2 is 2.17 bits per heavy atom. The molecule has 0 saturated heterocycles. The highest BCUT2D eigenvalue weighted by Crippen LogP contribution is 2.21. The number of hydrogen-bond acceptors (Lipinski definition) is 5. The molecule has 0 radical (unpaired) electrons. The highest BCUT2D eigenvalue weighted by molar-refractivity contribution is 7.08. The Balaban J connectivity index is 1.74. The first-order chi connectivity index (χ1) is 11.5. The van der Waals surface area contributed by atoms with E-state index in [4.69, 9.17) is 0 Å². The summed E-state index contributed by atoms with van der Waals surface area (Å²) in [6, 6.07) is 8.96. The van der Waals surface area contributed by atoms with E-state index in [1.54, 1.807) is 25.1 Å². The van der Waals surface area contributed by atoms with Crippen LogP contribution in [0.2, 0.25) is 0 Å². The second-order valence-corrected chi connectivity index (χ2v) is 6.51. The van der Waals surface area contributed by atoms with E-state index >= 15 is 0 Å². The van der Waals surface area contributed by atoms with Crippen molar-refractivity contribution in [1.82, 2.24) is 14.9 Å². The van der Waals surface area contributed by atoms with Gasteiger partial charge in [0.15, 0.2) is 0 Å². The summed E-state index contributed by atoms with van der Waals surface area (Å²) in [5.74, 6) is -0.344. The number of rotatable bonds is 5. The second-order valence-electron chi connectivity index (χ2n) is 5.73. The predicted molar refractivity (Wildman–Crippen MR) is 92.9 cm³/mol. The van der Waals surface area contributed by atoms with Crippen LogP contribution in [0.3, 0.4) is 0 Å². The van der Waals surface area contributed by atoms with Gasteiger partial charge in [-0.05, 0) is 41.4 Å². The number of para-hydroxylation sites is 2. The first-order valence-corrected chi connectivity index (χ1v) is 8.38. The van der Waals surface area contributed by atoms with Crippen LogP contribution in [0.15, 0.2) is 52.1 Å². The Labute approximate surface area is 142 Å². The second kappa shape index (κ2) is 6.54. The van der Waals surface area contributed by atoms with Crippen LogP contribution in [0.1, 0.15) is 12.5 Å². The molecular formula is C17H17N3O3S. The number of carbonyl (C=O) groups is 1. The summed E-state index contributed by atoms with van der Waals surface area (Å²) < 4.78 is 1.37. The Hall–Kier alpha value is -2.51. The van der Waals surface area contributed by atoms with Crippen molar-refractivity contribution < 1.29 is 9.90 Å². The molecule has 0 aliphatic carbocycles. The van der Waals surface area contributed by atoms with Gasteiger partial charge in [-0.15, -0.1) is 0 Å². The van der Waals surface area contributed by atoms with E-state index in [-0.39, 0.29) is 24.6 Å². The maximum Gasteiger partial charge on any atom is 0.269 e. The van der Waals surface area contributed by atoms with E-state index in [9.17, 15) is 14.7 Å². The molecular weight excluding hydrogens is 326 g/mol. The zero-order valence-corrected chi connectivity index (χ0v) is 13.9. The summed E-state index contributed by atoms with van der Waals surface area (Å²) in [6.07, 6.45) is 1.21. The number of aromatic nitrogens is 2. The molecule has 0 fully saturated rings. The third-order valence-electron chi connectivity index (χ3n) is 3.83. The average Bonchev–Trinajstić information content (AvgIpc) is 3.11. The molecule has 1 unspecified atom stereocenters. The minimum atomic E-state index is -1.15. The van der Waals surface area contributed by atoms with Gasteiger partial charge in [-0.25, -0.2) is 4.98 Å². The smallest absolute Gasteiger partial charge is 0.269 e. The fourth-order valence-corrected chi connectivity index (χ4v) is 3.20. The van der Waals surface area contributed by atoms with Gasteiger partial charge in [0, 0.05) is 0 Å². The molecule has 0 aliphatic rings. The summed E-state index contributed by atoms with van der Waals surface area (Å²) >= 11 is 1.48. The summed E-state index contributed by atoms with van der Waals surface area (Å²) in [7, 11) is 0. The SMILES string of the molecule is CC(O)(CNC(=O)Cn1c(=O)cnc2ccccc21)c1ccsc1. The van der Waals surface area contributed by atoms with Gasteiger partial charge in [0.1, 0.15) is 12.1 Å². The number of thiophene rings is 1. The predicted octanol–water partition coefficient (Wildman–Crippen LogP) is 1.48. The molecule has 0 bridgehead atoms. The quantitative estimate of drug-likeness (QED) is 0.735. The molecule has 0 spiro atoms. The van der Waals surface area contributed by atoms with E-state index < -0.39 is 5.60 Å². The van der Waals surface area contributed by atoms with Crippen molar-refractivity contribution in [2.75, 3.05) is 6.54 Å². The maximum absolute atomic E-state index is 12.2. The van der Waals surface area contributed by atoms with Crippen molar-refractivity contribution in [2.24, 2.45) is 0 Å². The molecule has 7 heteroatoms. The minimum absolute atomic E-state index is 0.0698.